The Balaban J connectivity index is 1.35. The Bertz CT molecular complexity index is 496. The van der Waals surface area contributed by atoms with Gasteiger partial charge in [-0.25, -0.2) is 0 Å². The maximum atomic E-state index is 5.71. The Morgan fingerprint density at radius 2 is 2.09 bits per heavy atom. The second-order valence-electron chi connectivity index (χ2n) is 6.54. The Kier molecular flexibility index (Phi) is 4.98. The minimum absolute atomic E-state index is 0.613. The van der Waals surface area contributed by atoms with Crippen LogP contribution in [0.2, 0.25) is 0 Å². The van der Waals surface area contributed by atoms with Gasteiger partial charge in [0.2, 0.25) is 0 Å². The fourth-order valence-electron chi connectivity index (χ4n) is 3.53. The number of nitrogens with zero attached hydrogens (tertiary/aromatic N) is 2. The summed E-state index contributed by atoms with van der Waals surface area (Å²) in [7, 11) is 1.87. The first kappa shape index (κ1) is 15.3. The molecule has 1 saturated heterocycles. The molecule has 1 aromatic carbocycles. The van der Waals surface area contributed by atoms with Crippen molar-refractivity contribution in [1.82, 2.24) is 10.2 Å². The molecular weight excluding hydrogens is 274 g/mol. The molecule has 1 spiro atoms. The van der Waals surface area contributed by atoms with Crippen molar-refractivity contribution in [2.24, 2.45) is 10.4 Å². The molecule has 2 fully saturated rings. The van der Waals surface area contributed by atoms with Gasteiger partial charge in [-0.1, -0.05) is 36.8 Å². The maximum absolute atomic E-state index is 5.71. The van der Waals surface area contributed by atoms with Crippen LogP contribution in [0.5, 0.6) is 0 Å². The van der Waals surface area contributed by atoms with E-state index in [-0.39, 0.29) is 0 Å². The summed E-state index contributed by atoms with van der Waals surface area (Å²) in [4.78, 5) is 6.84. The molecule has 22 heavy (non-hydrogen) atoms. The van der Waals surface area contributed by atoms with Crippen LogP contribution in [0.25, 0.3) is 0 Å². The highest BCUT2D eigenvalue weighted by atomic mass is 16.5. The molecule has 1 heterocycles. The van der Waals surface area contributed by atoms with Gasteiger partial charge in [0, 0.05) is 26.7 Å². The molecule has 0 aromatic heterocycles. The van der Waals surface area contributed by atoms with E-state index >= 15 is 0 Å². The van der Waals surface area contributed by atoms with Crippen molar-refractivity contribution in [2.45, 2.75) is 32.3 Å². The van der Waals surface area contributed by atoms with Crippen LogP contribution in [0, 0.1) is 5.41 Å². The Morgan fingerprint density at radius 3 is 2.73 bits per heavy atom. The van der Waals surface area contributed by atoms with Gasteiger partial charge in [0.1, 0.15) is 0 Å². The van der Waals surface area contributed by atoms with Crippen LogP contribution < -0.4 is 5.32 Å². The largest absolute Gasteiger partial charge is 0.375 e. The van der Waals surface area contributed by atoms with Crippen molar-refractivity contribution in [3.63, 3.8) is 0 Å². The molecule has 4 nitrogen and oxygen atoms in total. The third kappa shape index (κ3) is 3.61. The van der Waals surface area contributed by atoms with Gasteiger partial charge in [0.25, 0.3) is 0 Å². The predicted octanol–water partition coefficient (Wildman–Crippen LogP) is 2.65. The quantitative estimate of drug-likeness (QED) is 0.516. The van der Waals surface area contributed by atoms with E-state index in [2.05, 4.69) is 27.3 Å². The van der Waals surface area contributed by atoms with Crippen LogP contribution in [0.3, 0.4) is 0 Å². The van der Waals surface area contributed by atoms with Gasteiger partial charge in [-0.15, -0.1) is 0 Å². The maximum Gasteiger partial charge on any atom is 0.193 e. The van der Waals surface area contributed by atoms with Crippen molar-refractivity contribution < 1.29 is 4.74 Å². The second-order valence-corrected chi connectivity index (χ2v) is 6.54. The summed E-state index contributed by atoms with van der Waals surface area (Å²) < 4.78 is 5.71. The lowest BCUT2D eigenvalue weighted by atomic mass is 9.68. The molecule has 0 radical (unpaired) electrons. The first-order valence-corrected chi connectivity index (χ1v) is 8.39. The van der Waals surface area contributed by atoms with E-state index in [1.54, 1.807) is 0 Å². The predicted molar refractivity (Wildman–Crippen MR) is 89.9 cm³/mol. The Hall–Kier alpha value is -1.55. The number of ether oxygens (including phenoxy) is 1. The molecule has 1 aliphatic carbocycles. The lowest BCUT2D eigenvalue weighted by molar-refractivity contribution is 0.124. The number of likely N-dealkylation sites (tertiary alicyclic amines) is 1. The highest BCUT2D eigenvalue weighted by molar-refractivity contribution is 5.80. The highest BCUT2D eigenvalue weighted by Gasteiger charge is 2.43. The van der Waals surface area contributed by atoms with E-state index < -0.39 is 0 Å². The van der Waals surface area contributed by atoms with E-state index in [9.17, 15) is 0 Å². The third-order valence-electron chi connectivity index (χ3n) is 5.00. The molecule has 1 aliphatic heterocycles. The van der Waals surface area contributed by atoms with Gasteiger partial charge in [-0.2, -0.15) is 0 Å². The summed E-state index contributed by atoms with van der Waals surface area (Å²) in [6.45, 7) is 4.51. The minimum Gasteiger partial charge on any atom is -0.375 e. The normalized spacial score (nSPS) is 20.2. The lowest BCUT2D eigenvalue weighted by Crippen LogP contribution is -2.43. The number of benzene rings is 1. The van der Waals surface area contributed by atoms with Crippen LogP contribution in [-0.4, -0.2) is 44.1 Å². The summed E-state index contributed by atoms with van der Waals surface area (Å²) >= 11 is 0. The van der Waals surface area contributed by atoms with Crippen molar-refractivity contribution in [2.75, 3.05) is 33.3 Å². The SMILES string of the molecule is CN=C(NCCOCc1ccccc1)N1CCC2(CCC2)C1. The van der Waals surface area contributed by atoms with E-state index in [1.165, 1.54) is 37.8 Å². The summed E-state index contributed by atoms with van der Waals surface area (Å²) in [5.41, 5.74) is 1.83. The molecular formula is C18H27N3O. The van der Waals surface area contributed by atoms with Crippen LogP contribution in [0.4, 0.5) is 0 Å². The summed E-state index contributed by atoms with van der Waals surface area (Å²) in [5.74, 6) is 1.03. The Morgan fingerprint density at radius 1 is 1.27 bits per heavy atom. The molecule has 0 unspecified atom stereocenters. The first-order chi connectivity index (χ1) is 10.8. The molecule has 4 heteroatoms. The van der Waals surface area contributed by atoms with Crippen molar-refractivity contribution in [3.8, 4) is 0 Å². The van der Waals surface area contributed by atoms with E-state index in [1.807, 2.05) is 25.2 Å². The summed E-state index contributed by atoms with van der Waals surface area (Å²) in [6.07, 6.45) is 5.55. The standard InChI is InChI=1S/C18H27N3O/c1-19-17(21-12-10-18(15-21)8-5-9-18)20-11-13-22-14-16-6-3-2-4-7-16/h2-4,6-7H,5,8-15H2,1H3,(H,19,20). The van der Waals surface area contributed by atoms with E-state index in [0.29, 0.717) is 18.6 Å². The zero-order valence-corrected chi connectivity index (χ0v) is 13.6. The van der Waals surface area contributed by atoms with Crippen molar-refractivity contribution >= 4 is 5.96 Å². The third-order valence-corrected chi connectivity index (χ3v) is 5.00. The van der Waals surface area contributed by atoms with Crippen molar-refractivity contribution in [1.29, 1.82) is 0 Å². The number of hydrogen-bond donors (Lipinski definition) is 1. The topological polar surface area (TPSA) is 36.9 Å². The Labute approximate surface area is 133 Å². The van der Waals surface area contributed by atoms with Gasteiger partial charge in [-0.05, 0) is 30.2 Å². The van der Waals surface area contributed by atoms with Crippen LogP contribution in [0.1, 0.15) is 31.2 Å². The molecule has 120 valence electrons. The number of nitrogens with one attached hydrogen (secondary N) is 1. The van der Waals surface area contributed by atoms with Gasteiger partial charge in [0.05, 0.1) is 13.2 Å². The number of hydrogen-bond acceptors (Lipinski definition) is 2. The zero-order chi connectivity index (χ0) is 15.3. The number of rotatable bonds is 5. The van der Waals surface area contributed by atoms with Crippen LogP contribution in [-0.2, 0) is 11.3 Å². The zero-order valence-electron chi connectivity index (χ0n) is 13.6. The average molecular weight is 301 g/mol. The van der Waals surface area contributed by atoms with Crippen molar-refractivity contribution in [3.05, 3.63) is 35.9 Å². The highest BCUT2D eigenvalue weighted by Crippen LogP contribution is 2.47. The number of aliphatic imine (C=N–C) groups is 1. The second kappa shape index (κ2) is 7.14. The summed E-state index contributed by atoms with van der Waals surface area (Å²) in [6, 6.07) is 10.3. The first-order valence-electron chi connectivity index (χ1n) is 8.39. The van der Waals surface area contributed by atoms with Gasteiger partial charge >= 0.3 is 0 Å². The molecule has 1 N–H and O–H groups in total. The van der Waals surface area contributed by atoms with E-state index in [4.69, 9.17) is 4.74 Å². The minimum atomic E-state index is 0.613. The smallest absolute Gasteiger partial charge is 0.193 e. The van der Waals surface area contributed by atoms with Gasteiger partial charge in [-0.3, -0.25) is 4.99 Å². The van der Waals surface area contributed by atoms with E-state index in [0.717, 1.165) is 19.0 Å². The summed E-state index contributed by atoms with van der Waals surface area (Å²) in [5, 5.41) is 3.43. The average Bonchev–Trinajstić information content (AvgIpc) is 2.97. The fourth-order valence-corrected chi connectivity index (χ4v) is 3.53. The molecule has 0 bridgehead atoms. The molecule has 0 amide bonds. The molecule has 0 atom stereocenters. The van der Waals surface area contributed by atoms with Crippen LogP contribution >= 0.6 is 0 Å². The fraction of sp³-hybridized carbons (Fsp3) is 0.611. The van der Waals surface area contributed by atoms with Gasteiger partial charge in [0.15, 0.2) is 5.96 Å². The number of guanidine groups is 1. The monoisotopic (exact) mass is 301 g/mol. The molecule has 2 aliphatic rings. The molecule has 1 saturated carbocycles. The molecule has 1 aromatic rings. The van der Waals surface area contributed by atoms with Gasteiger partial charge < -0.3 is 15.0 Å². The van der Waals surface area contributed by atoms with Crippen LogP contribution in [0.15, 0.2) is 35.3 Å². The lowest BCUT2D eigenvalue weighted by Gasteiger charge is -2.38. The molecule has 3 rings (SSSR count).